The molecule has 5 heteroatoms. The quantitative estimate of drug-likeness (QED) is 0.253. The molecule has 5 rings (SSSR count). The van der Waals surface area contributed by atoms with Crippen LogP contribution in [-0.2, 0) is 12.5 Å². The molecule has 4 aromatic carbocycles. The maximum Gasteiger partial charge on any atom is 0.144 e. The van der Waals surface area contributed by atoms with Gasteiger partial charge in [0.25, 0.3) is 0 Å². The number of benzene rings is 4. The third-order valence-corrected chi connectivity index (χ3v) is 7.31. The van der Waals surface area contributed by atoms with Crippen molar-refractivity contribution < 1.29 is 5.11 Å². The molecule has 0 atom stereocenters. The summed E-state index contributed by atoms with van der Waals surface area (Å²) < 4.78 is 2.00. The number of phenolic OH excluding ortho intramolecular Hbond substituents is 1. The molecule has 0 spiro atoms. The first-order chi connectivity index (χ1) is 17.7. The highest BCUT2D eigenvalue weighted by molar-refractivity contribution is 6.34. The summed E-state index contributed by atoms with van der Waals surface area (Å²) in [5, 5.41) is 12.9. The maximum absolute atomic E-state index is 11.7. The number of halogens is 2. The highest BCUT2D eigenvalue weighted by Crippen LogP contribution is 2.45. The molecule has 0 aliphatic heterocycles. The van der Waals surface area contributed by atoms with Crippen LogP contribution >= 0.6 is 23.2 Å². The number of imidazole rings is 1. The molecule has 1 N–H and O–H groups in total. The molecule has 0 unspecified atom stereocenters. The molecule has 37 heavy (non-hydrogen) atoms. The SMILES string of the molecule is Cn1c(-c2cc(C(C)(C)C)cc(-c3ccccc3)c2O)nc(-c2ccccc2Cl)c1-c1ccccc1Cl. The van der Waals surface area contributed by atoms with Crippen LogP contribution in [0.4, 0.5) is 0 Å². The van der Waals surface area contributed by atoms with E-state index in [4.69, 9.17) is 28.2 Å². The fraction of sp³-hybridized carbons (Fsp3) is 0.156. The molecule has 0 aliphatic carbocycles. The zero-order valence-corrected chi connectivity index (χ0v) is 22.8. The Morgan fingerprint density at radius 2 is 1.24 bits per heavy atom. The fourth-order valence-electron chi connectivity index (χ4n) is 4.62. The highest BCUT2D eigenvalue weighted by atomic mass is 35.5. The predicted octanol–water partition coefficient (Wildman–Crippen LogP) is 9.40. The van der Waals surface area contributed by atoms with Crippen LogP contribution in [0.3, 0.4) is 0 Å². The highest BCUT2D eigenvalue weighted by Gasteiger charge is 2.26. The van der Waals surface area contributed by atoms with Crippen LogP contribution in [0.25, 0.3) is 45.0 Å². The average Bonchev–Trinajstić information content (AvgIpc) is 3.21. The van der Waals surface area contributed by atoms with Crippen molar-refractivity contribution in [3.63, 3.8) is 0 Å². The van der Waals surface area contributed by atoms with Crippen molar-refractivity contribution in [2.45, 2.75) is 26.2 Å². The Kier molecular flexibility index (Phi) is 6.61. The smallest absolute Gasteiger partial charge is 0.144 e. The largest absolute Gasteiger partial charge is 0.507 e. The van der Waals surface area contributed by atoms with Gasteiger partial charge in [0.2, 0.25) is 0 Å². The normalized spacial score (nSPS) is 11.6. The van der Waals surface area contributed by atoms with Gasteiger partial charge in [-0.2, -0.15) is 0 Å². The van der Waals surface area contributed by atoms with E-state index in [0.29, 0.717) is 27.1 Å². The molecule has 3 nitrogen and oxygen atoms in total. The number of rotatable bonds is 4. The second kappa shape index (κ2) is 9.74. The van der Waals surface area contributed by atoms with Crippen molar-refractivity contribution >= 4 is 23.2 Å². The topological polar surface area (TPSA) is 38.0 Å². The van der Waals surface area contributed by atoms with Gasteiger partial charge in [-0.1, -0.05) is 111 Å². The fourth-order valence-corrected chi connectivity index (χ4v) is 5.07. The van der Waals surface area contributed by atoms with Gasteiger partial charge in [-0.25, -0.2) is 4.98 Å². The molecular weight excluding hydrogens is 499 g/mol. The van der Waals surface area contributed by atoms with Gasteiger partial charge in [-0.05, 0) is 40.8 Å². The maximum atomic E-state index is 11.7. The molecule has 1 aromatic heterocycles. The third-order valence-electron chi connectivity index (χ3n) is 6.65. The number of phenols is 1. The lowest BCUT2D eigenvalue weighted by molar-refractivity contribution is 0.477. The standard InChI is InChI=1S/C32H28Cl2N2O/c1-32(2,3)21-18-24(20-12-6-5-7-13-20)30(37)25(19-21)31-35-28(22-14-8-10-16-26(22)33)29(36(31)4)23-15-9-11-17-27(23)34/h5-19,37H,1-4H3. The van der Waals surface area contributed by atoms with Crippen LogP contribution in [0.5, 0.6) is 5.75 Å². The molecule has 0 amide bonds. The number of aromatic nitrogens is 2. The Balaban J connectivity index is 1.85. The van der Waals surface area contributed by atoms with Gasteiger partial charge in [0.15, 0.2) is 0 Å². The lowest BCUT2D eigenvalue weighted by atomic mass is 9.83. The molecule has 186 valence electrons. The van der Waals surface area contributed by atoms with Crippen molar-refractivity contribution in [1.82, 2.24) is 9.55 Å². The first kappa shape index (κ1) is 25.1. The molecule has 0 aliphatic rings. The third kappa shape index (κ3) is 4.66. The summed E-state index contributed by atoms with van der Waals surface area (Å²) in [6.07, 6.45) is 0. The molecule has 0 bridgehead atoms. The van der Waals surface area contributed by atoms with Crippen molar-refractivity contribution in [3.8, 4) is 50.8 Å². The summed E-state index contributed by atoms with van der Waals surface area (Å²) >= 11 is 13.3. The van der Waals surface area contributed by atoms with Gasteiger partial charge >= 0.3 is 0 Å². The van der Waals surface area contributed by atoms with E-state index in [9.17, 15) is 5.11 Å². The number of hydrogen-bond acceptors (Lipinski definition) is 2. The van der Waals surface area contributed by atoms with Crippen LogP contribution in [0.15, 0.2) is 91.0 Å². The molecular formula is C32H28Cl2N2O. The Morgan fingerprint density at radius 1 is 0.703 bits per heavy atom. The van der Waals surface area contributed by atoms with Crippen LogP contribution in [0.1, 0.15) is 26.3 Å². The minimum atomic E-state index is -0.145. The van der Waals surface area contributed by atoms with Crippen molar-refractivity contribution in [2.24, 2.45) is 7.05 Å². The second-order valence-corrected chi connectivity index (χ2v) is 11.0. The van der Waals surface area contributed by atoms with Crippen LogP contribution in [-0.4, -0.2) is 14.7 Å². The lowest BCUT2D eigenvalue weighted by Crippen LogP contribution is -2.12. The first-order valence-corrected chi connectivity index (χ1v) is 12.9. The van der Waals surface area contributed by atoms with Gasteiger partial charge in [0.05, 0.1) is 22.0 Å². The zero-order valence-electron chi connectivity index (χ0n) is 21.3. The van der Waals surface area contributed by atoms with Crippen LogP contribution in [0, 0.1) is 0 Å². The van der Waals surface area contributed by atoms with E-state index < -0.39 is 0 Å². The first-order valence-electron chi connectivity index (χ1n) is 12.2. The van der Waals surface area contributed by atoms with E-state index in [2.05, 4.69) is 26.8 Å². The van der Waals surface area contributed by atoms with Gasteiger partial charge in [-0.15, -0.1) is 0 Å². The molecule has 0 saturated carbocycles. The van der Waals surface area contributed by atoms with Crippen LogP contribution < -0.4 is 0 Å². The number of hydrogen-bond donors (Lipinski definition) is 1. The lowest BCUT2D eigenvalue weighted by Gasteiger charge is -2.22. The Hall–Kier alpha value is -3.53. The monoisotopic (exact) mass is 526 g/mol. The molecule has 0 radical (unpaired) electrons. The van der Waals surface area contributed by atoms with Crippen molar-refractivity contribution in [3.05, 3.63) is 107 Å². The van der Waals surface area contributed by atoms with E-state index in [-0.39, 0.29) is 11.2 Å². The Morgan fingerprint density at radius 3 is 1.84 bits per heavy atom. The van der Waals surface area contributed by atoms with Crippen LogP contribution in [0.2, 0.25) is 10.0 Å². The summed E-state index contributed by atoms with van der Waals surface area (Å²) in [5.74, 6) is 0.814. The summed E-state index contributed by atoms with van der Waals surface area (Å²) in [6, 6.07) is 29.4. The van der Waals surface area contributed by atoms with E-state index >= 15 is 0 Å². The van der Waals surface area contributed by atoms with Gasteiger partial charge in [0.1, 0.15) is 11.6 Å². The second-order valence-electron chi connectivity index (χ2n) is 10.2. The van der Waals surface area contributed by atoms with E-state index in [1.807, 2.05) is 96.5 Å². The number of aromatic hydroxyl groups is 1. The Bertz CT molecular complexity index is 1600. The minimum Gasteiger partial charge on any atom is -0.507 e. The summed E-state index contributed by atoms with van der Waals surface area (Å²) in [4.78, 5) is 5.11. The average molecular weight is 527 g/mol. The van der Waals surface area contributed by atoms with Gasteiger partial charge in [0, 0.05) is 28.8 Å². The molecule has 5 aromatic rings. The summed E-state index contributed by atoms with van der Waals surface area (Å²) in [5.41, 5.74) is 6.50. The Labute approximate surface area is 228 Å². The van der Waals surface area contributed by atoms with E-state index in [0.717, 1.165) is 33.5 Å². The van der Waals surface area contributed by atoms with E-state index in [1.165, 1.54) is 0 Å². The molecule has 1 heterocycles. The summed E-state index contributed by atoms with van der Waals surface area (Å²) in [7, 11) is 1.95. The zero-order chi connectivity index (χ0) is 26.3. The minimum absolute atomic E-state index is 0.145. The number of nitrogens with zero attached hydrogens (tertiary/aromatic N) is 2. The van der Waals surface area contributed by atoms with Gasteiger partial charge in [-0.3, -0.25) is 0 Å². The molecule has 0 saturated heterocycles. The van der Waals surface area contributed by atoms with Crippen molar-refractivity contribution in [2.75, 3.05) is 0 Å². The van der Waals surface area contributed by atoms with Crippen molar-refractivity contribution in [1.29, 1.82) is 0 Å². The van der Waals surface area contributed by atoms with E-state index in [1.54, 1.807) is 0 Å². The molecule has 0 fully saturated rings. The summed E-state index contributed by atoms with van der Waals surface area (Å²) in [6.45, 7) is 6.50. The predicted molar refractivity (Wildman–Crippen MR) is 155 cm³/mol. The van der Waals surface area contributed by atoms with Gasteiger partial charge < -0.3 is 9.67 Å².